The second-order valence-electron chi connectivity index (χ2n) is 3.58. The standard InChI is InChI=1S/C8H16N4O2/c1-8(2,3)14-7(13)10-5-6-11-12-9-4/h5-6H2,1-4H3/p+1. The van der Waals surface area contributed by atoms with Crippen LogP contribution >= 0.6 is 0 Å². The number of ether oxygens (including phenoxy) is 1. The molecule has 0 aliphatic heterocycles. The highest BCUT2D eigenvalue weighted by molar-refractivity contribution is 5.67. The average molecular weight is 201 g/mol. The van der Waals surface area contributed by atoms with Gasteiger partial charge in [0.2, 0.25) is 4.91 Å². The Kier molecular flexibility index (Phi) is 5.48. The second kappa shape index (κ2) is 6.10. The first-order valence-corrected chi connectivity index (χ1v) is 4.38. The van der Waals surface area contributed by atoms with Gasteiger partial charge in [-0.3, -0.25) is 0 Å². The fourth-order valence-corrected chi connectivity index (χ4v) is 0.630. The van der Waals surface area contributed by atoms with Crippen molar-refractivity contribution in [3.05, 3.63) is 0 Å². The van der Waals surface area contributed by atoms with E-state index in [0.29, 0.717) is 13.1 Å². The van der Waals surface area contributed by atoms with Gasteiger partial charge in [0.05, 0.1) is 0 Å². The van der Waals surface area contributed by atoms with Gasteiger partial charge in [-0.25, -0.2) is 4.79 Å². The lowest BCUT2D eigenvalue weighted by Gasteiger charge is -2.19. The molecule has 0 aliphatic carbocycles. The van der Waals surface area contributed by atoms with Crippen LogP contribution in [0.3, 0.4) is 0 Å². The molecule has 0 aliphatic rings. The lowest BCUT2D eigenvalue weighted by atomic mass is 10.2. The van der Waals surface area contributed by atoms with Crippen LogP contribution < -0.4 is 10.2 Å². The van der Waals surface area contributed by atoms with Crippen molar-refractivity contribution in [2.45, 2.75) is 26.4 Å². The number of nitrogens with zero attached hydrogens (tertiary/aromatic N) is 3. The van der Waals surface area contributed by atoms with Gasteiger partial charge >= 0.3 is 6.09 Å². The summed E-state index contributed by atoms with van der Waals surface area (Å²) in [6.07, 6.45) is -0.443. The van der Waals surface area contributed by atoms with Crippen LogP contribution in [0.1, 0.15) is 20.8 Å². The van der Waals surface area contributed by atoms with Gasteiger partial charge in [-0.2, -0.15) is 0 Å². The van der Waals surface area contributed by atoms with Crippen molar-refractivity contribution >= 4 is 6.09 Å². The molecule has 0 fully saturated rings. The summed E-state index contributed by atoms with van der Waals surface area (Å²) < 4.78 is 5.00. The van der Waals surface area contributed by atoms with Crippen LogP contribution in [-0.2, 0) is 4.74 Å². The number of amides is 1. The molecule has 6 heteroatoms. The molecule has 0 atom stereocenters. The van der Waals surface area contributed by atoms with Crippen molar-refractivity contribution in [3.63, 3.8) is 0 Å². The number of rotatable bonds is 3. The highest BCUT2D eigenvalue weighted by Gasteiger charge is 2.15. The van der Waals surface area contributed by atoms with Gasteiger partial charge in [0.15, 0.2) is 0 Å². The molecular weight excluding hydrogens is 184 g/mol. The first kappa shape index (κ1) is 12.6. The Balaban J connectivity index is 3.60. The first-order chi connectivity index (χ1) is 6.45. The Morgan fingerprint density at radius 1 is 1.50 bits per heavy atom. The molecule has 0 radical (unpaired) electrons. The van der Waals surface area contributed by atoms with Crippen molar-refractivity contribution in [1.82, 2.24) is 10.2 Å². The quantitative estimate of drug-likeness (QED) is 0.422. The van der Waals surface area contributed by atoms with Crippen LogP contribution in [-0.4, -0.2) is 31.8 Å². The molecule has 0 bridgehead atoms. The minimum Gasteiger partial charge on any atom is -0.444 e. The topological polar surface area (TPSA) is 77.2 Å². The molecule has 0 rings (SSSR count). The van der Waals surface area contributed by atoms with Gasteiger partial charge in [-0.15, -0.1) is 0 Å². The summed E-state index contributed by atoms with van der Waals surface area (Å²) in [5, 5.41) is 9.61. The summed E-state index contributed by atoms with van der Waals surface area (Å²) in [5.41, 5.74) is -0.468. The highest BCUT2D eigenvalue weighted by atomic mass is 16.6. The van der Waals surface area contributed by atoms with Crippen LogP contribution in [0.15, 0.2) is 10.2 Å². The third-order valence-electron chi connectivity index (χ3n) is 1.03. The predicted molar refractivity (Wildman–Crippen MR) is 52.0 cm³/mol. The Labute approximate surface area is 83.5 Å². The molecule has 0 aromatic heterocycles. The molecule has 0 aromatic carbocycles. The molecule has 0 saturated heterocycles. The van der Waals surface area contributed by atoms with Crippen LogP contribution in [0.5, 0.6) is 0 Å². The Bertz CT molecular complexity index is 238. The van der Waals surface area contributed by atoms with Crippen molar-refractivity contribution in [3.8, 4) is 0 Å². The maximum Gasteiger partial charge on any atom is 0.407 e. The fraction of sp³-hybridized carbons (Fsp3) is 0.875. The second-order valence-corrected chi connectivity index (χ2v) is 3.58. The lowest BCUT2D eigenvalue weighted by Crippen LogP contribution is -2.33. The molecule has 14 heavy (non-hydrogen) atoms. The smallest absolute Gasteiger partial charge is 0.407 e. The van der Waals surface area contributed by atoms with E-state index in [0.717, 1.165) is 0 Å². The van der Waals surface area contributed by atoms with Gasteiger partial charge in [-0.05, 0) is 20.8 Å². The number of hydrogen-bond donors (Lipinski definition) is 1. The maximum atomic E-state index is 11.1. The first-order valence-electron chi connectivity index (χ1n) is 4.38. The minimum atomic E-state index is -0.468. The molecular formula is C8H17N4O2+. The van der Waals surface area contributed by atoms with E-state index in [1.165, 1.54) is 7.05 Å². The predicted octanol–water partition coefficient (Wildman–Crippen LogP) is 1.11. The van der Waals surface area contributed by atoms with Crippen LogP contribution in [0.2, 0.25) is 0 Å². The molecule has 0 spiro atoms. The SMILES string of the molecule is CN=[N+]=NCCNC(=O)OC(C)(C)C. The van der Waals surface area contributed by atoms with Gasteiger partial charge in [0.25, 0.3) is 0 Å². The summed E-state index contributed by atoms with van der Waals surface area (Å²) >= 11 is 0. The largest absolute Gasteiger partial charge is 0.444 e. The summed E-state index contributed by atoms with van der Waals surface area (Å²) in [5.74, 6) is 0. The van der Waals surface area contributed by atoms with Crippen molar-refractivity contribution in [2.24, 2.45) is 10.2 Å². The molecule has 0 heterocycles. The summed E-state index contributed by atoms with van der Waals surface area (Å²) in [6, 6.07) is 0. The van der Waals surface area contributed by atoms with Crippen LogP contribution in [0, 0.1) is 0 Å². The zero-order valence-electron chi connectivity index (χ0n) is 9.07. The number of carbonyl (C=O) groups is 1. The number of hydrogen-bond acceptors (Lipinski definition) is 4. The minimum absolute atomic E-state index is 0.397. The normalized spacial score (nSPS) is 10.0. The molecule has 80 valence electrons. The highest BCUT2D eigenvalue weighted by Crippen LogP contribution is 2.05. The summed E-state index contributed by atoms with van der Waals surface area (Å²) in [7, 11) is 1.53. The number of alkyl carbamates (subject to hydrolysis) is 1. The summed E-state index contributed by atoms with van der Waals surface area (Å²) in [4.78, 5) is 14.5. The number of nitrogens with one attached hydrogen (secondary N) is 1. The third-order valence-corrected chi connectivity index (χ3v) is 1.03. The van der Waals surface area contributed by atoms with E-state index in [-0.39, 0.29) is 0 Å². The molecule has 0 saturated carbocycles. The van der Waals surface area contributed by atoms with Gasteiger partial charge in [0, 0.05) is 6.54 Å². The van der Waals surface area contributed by atoms with Gasteiger partial charge in [-0.1, -0.05) is 0 Å². The zero-order valence-corrected chi connectivity index (χ0v) is 9.07. The van der Waals surface area contributed by atoms with Crippen LogP contribution in [0.25, 0.3) is 0 Å². The van der Waals surface area contributed by atoms with E-state index in [1.807, 2.05) is 20.8 Å². The average Bonchev–Trinajstić information content (AvgIpc) is 2.00. The van der Waals surface area contributed by atoms with Gasteiger partial charge < -0.3 is 10.1 Å². The van der Waals surface area contributed by atoms with E-state index in [4.69, 9.17) is 4.74 Å². The van der Waals surface area contributed by atoms with Crippen molar-refractivity contribution in [2.75, 3.05) is 20.1 Å². The van der Waals surface area contributed by atoms with E-state index >= 15 is 0 Å². The Hall–Kier alpha value is -1.42. The van der Waals surface area contributed by atoms with Crippen LogP contribution in [0.4, 0.5) is 4.79 Å². The molecule has 0 aromatic rings. The lowest BCUT2D eigenvalue weighted by molar-refractivity contribution is 0.0529. The van der Waals surface area contributed by atoms with E-state index in [2.05, 4.69) is 20.5 Å². The number of carbonyl (C=O) groups excluding carboxylic acids is 1. The molecule has 6 nitrogen and oxygen atoms in total. The van der Waals surface area contributed by atoms with E-state index in [1.54, 1.807) is 0 Å². The van der Waals surface area contributed by atoms with Crippen molar-refractivity contribution < 1.29 is 9.53 Å². The van der Waals surface area contributed by atoms with Crippen molar-refractivity contribution in [1.29, 1.82) is 0 Å². The fourth-order valence-electron chi connectivity index (χ4n) is 0.630. The Morgan fingerprint density at radius 2 is 2.14 bits per heavy atom. The Morgan fingerprint density at radius 3 is 2.64 bits per heavy atom. The van der Waals surface area contributed by atoms with E-state index < -0.39 is 11.7 Å². The zero-order chi connectivity index (χ0) is 11.0. The maximum absolute atomic E-state index is 11.1. The molecule has 1 amide bonds. The summed E-state index contributed by atoms with van der Waals surface area (Å²) in [6.45, 7) is 6.22. The molecule has 1 N–H and O–H groups in total. The van der Waals surface area contributed by atoms with E-state index in [9.17, 15) is 4.79 Å². The third kappa shape index (κ3) is 8.67. The van der Waals surface area contributed by atoms with Gasteiger partial charge in [0.1, 0.15) is 29.4 Å². The molecule has 0 unspecified atom stereocenters. The monoisotopic (exact) mass is 201 g/mol.